The predicted molar refractivity (Wildman–Crippen MR) is 219 cm³/mol. The Kier molecular flexibility index (Phi) is 12.3. The van der Waals surface area contributed by atoms with Gasteiger partial charge in [-0.25, -0.2) is 0 Å². The van der Waals surface area contributed by atoms with Crippen LogP contribution in [0, 0.1) is 20.2 Å². The quantitative estimate of drug-likeness (QED) is 0.0779. The van der Waals surface area contributed by atoms with Crippen LogP contribution in [-0.2, 0) is 0 Å². The van der Waals surface area contributed by atoms with E-state index in [2.05, 4.69) is 15.9 Å². The van der Waals surface area contributed by atoms with Crippen molar-refractivity contribution in [3.63, 3.8) is 0 Å². The van der Waals surface area contributed by atoms with Crippen molar-refractivity contribution in [1.82, 2.24) is 0 Å². The second-order valence-corrected chi connectivity index (χ2v) is 13.1. The first-order valence-corrected chi connectivity index (χ1v) is 18.4. The molecule has 0 radical (unpaired) electrons. The number of ether oxygens (including phenoxy) is 1. The maximum Gasteiger partial charge on any atom is 0.270 e. The minimum absolute atomic E-state index is 0.0599. The average Bonchev–Trinajstić information content (AvgIpc) is 3.70. The number of para-hydroxylation sites is 2. The highest BCUT2D eigenvalue weighted by Crippen LogP contribution is 2.48. The Labute approximate surface area is 325 Å². The molecule has 3 N–H and O–H groups in total. The van der Waals surface area contributed by atoms with Crippen molar-refractivity contribution in [3.05, 3.63) is 187 Å². The van der Waals surface area contributed by atoms with Crippen molar-refractivity contribution in [2.45, 2.75) is 0 Å². The molecular formula is C44H35BrN2O8. The second kappa shape index (κ2) is 17.6. The first-order chi connectivity index (χ1) is 26.7. The van der Waals surface area contributed by atoms with E-state index in [9.17, 15) is 25.3 Å². The van der Waals surface area contributed by atoms with E-state index in [1.807, 2.05) is 97.1 Å². The number of aliphatic hydroxyl groups is 2. The first-order valence-electron chi connectivity index (χ1n) is 17.2. The lowest BCUT2D eigenvalue weighted by molar-refractivity contribution is -0.385. The summed E-state index contributed by atoms with van der Waals surface area (Å²) < 4.78 is 5.63. The molecule has 0 aliphatic heterocycles. The van der Waals surface area contributed by atoms with Crippen LogP contribution in [0.5, 0.6) is 11.5 Å². The molecule has 11 heteroatoms. The van der Waals surface area contributed by atoms with Crippen LogP contribution in [0.15, 0.2) is 133 Å². The van der Waals surface area contributed by atoms with Crippen LogP contribution in [0.1, 0.15) is 33.4 Å². The maximum absolute atomic E-state index is 11.3. The summed E-state index contributed by atoms with van der Waals surface area (Å²) >= 11 is 3.00. The Bertz CT molecular complexity index is 2440. The van der Waals surface area contributed by atoms with Crippen LogP contribution in [0.2, 0.25) is 0 Å². The van der Waals surface area contributed by atoms with E-state index < -0.39 is 0 Å². The molecule has 0 heterocycles. The number of non-ortho nitro benzene ring substituents is 2. The maximum atomic E-state index is 11.3. The number of fused-ring (bicyclic) bond motifs is 6. The lowest BCUT2D eigenvalue weighted by Crippen LogP contribution is -2.02. The molecule has 0 unspecified atom stereocenters. The Balaban J connectivity index is 0.000000172. The number of aliphatic hydroxyl groups excluding tert-OH is 2. The van der Waals surface area contributed by atoms with Crippen molar-refractivity contribution in [1.29, 1.82) is 0 Å². The van der Waals surface area contributed by atoms with Gasteiger partial charge < -0.3 is 20.1 Å². The number of nitro groups is 2. The molecule has 0 bridgehead atoms. The van der Waals surface area contributed by atoms with E-state index in [1.165, 1.54) is 12.1 Å². The standard InChI is InChI=1S/C22H17NO4.C20H13NO3.C2H5BrO/c24-11-12-27-22-8-4-1-5-15(22)13-20-18-7-3-2-6-17(18)19-10-9-16(23(25)26)14-21(19)20;22-20-8-4-1-5-13(20)11-18-16-7-3-2-6-15(16)17-10-9-14(21(23)24)12-19(17)18;3-1-2-4/h1-10,13-14,24H,11-12H2;1-12,22H;4H,1-2H2. The molecular weight excluding hydrogens is 764 g/mol. The highest BCUT2D eigenvalue weighted by molar-refractivity contribution is 9.09. The van der Waals surface area contributed by atoms with Crippen molar-refractivity contribution in [3.8, 4) is 33.8 Å². The van der Waals surface area contributed by atoms with Crippen molar-refractivity contribution >= 4 is 50.6 Å². The summed E-state index contributed by atoms with van der Waals surface area (Å²) in [5, 5.41) is 50.0. The van der Waals surface area contributed by atoms with Crippen molar-refractivity contribution in [2.24, 2.45) is 0 Å². The molecule has 0 aromatic heterocycles. The van der Waals surface area contributed by atoms with E-state index in [4.69, 9.17) is 14.9 Å². The molecule has 0 fully saturated rings. The minimum atomic E-state index is -0.388. The van der Waals surface area contributed by atoms with Crippen molar-refractivity contribution in [2.75, 3.05) is 25.2 Å². The number of nitrogens with zero attached hydrogens (tertiary/aromatic N) is 2. The molecule has 8 rings (SSSR count). The highest BCUT2D eigenvalue weighted by atomic mass is 79.9. The van der Waals surface area contributed by atoms with Gasteiger partial charge in [0.2, 0.25) is 0 Å². The largest absolute Gasteiger partial charge is 0.507 e. The average molecular weight is 800 g/mol. The third kappa shape index (κ3) is 8.39. The fourth-order valence-electron chi connectivity index (χ4n) is 6.52. The number of phenolic OH excluding ortho intramolecular Hbond substituents is 1. The zero-order chi connectivity index (χ0) is 38.9. The van der Waals surface area contributed by atoms with Crippen LogP contribution in [0.25, 0.3) is 45.6 Å². The zero-order valence-corrected chi connectivity index (χ0v) is 30.9. The Morgan fingerprint density at radius 2 is 0.964 bits per heavy atom. The van der Waals surface area contributed by atoms with Gasteiger partial charge in [0, 0.05) is 40.7 Å². The summed E-state index contributed by atoms with van der Waals surface area (Å²) in [7, 11) is 0. The molecule has 6 aromatic carbocycles. The van der Waals surface area contributed by atoms with Crippen LogP contribution < -0.4 is 4.74 Å². The van der Waals surface area contributed by atoms with Gasteiger partial charge in [0.25, 0.3) is 11.4 Å². The SMILES string of the molecule is O=[N+]([O-])c1ccc2c(c1)C(=Cc1ccccc1O)c1ccccc1-2.O=[N+]([O-])c1ccc2c(c1)C(=Cc1ccccc1OCCO)c1ccccc1-2.OCCBr. The molecule has 10 nitrogen and oxygen atoms in total. The number of rotatable bonds is 8. The third-order valence-electron chi connectivity index (χ3n) is 8.91. The molecule has 0 spiro atoms. The second-order valence-electron chi connectivity index (χ2n) is 12.3. The summed E-state index contributed by atoms with van der Waals surface area (Å²) in [4.78, 5) is 21.6. The number of aromatic hydroxyl groups is 1. The van der Waals surface area contributed by atoms with Gasteiger partial charge in [-0.05, 0) is 92.1 Å². The highest BCUT2D eigenvalue weighted by Gasteiger charge is 2.27. The molecule has 2 aliphatic carbocycles. The number of benzene rings is 6. The summed E-state index contributed by atoms with van der Waals surface area (Å²) in [6.45, 7) is 0.377. The lowest BCUT2D eigenvalue weighted by atomic mass is 10.0. The van der Waals surface area contributed by atoms with Crippen LogP contribution in [-0.4, -0.2) is 50.3 Å². The van der Waals surface area contributed by atoms with Crippen molar-refractivity contribution < 1.29 is 29.9 Å². The van der Waals surface area contributed by atoms with Gasteiger partial charge in [-0.1, -0.05) is 101 Å². The van der Waals surface area contributed by atoms with Gasteiger partial charge in [0.1, 0.15) is 18.1 Å². The first kappa shape index (κ1) is 38.3. The molecule has 2 aliphatic rings. The van der Waals surface area contributed by atoms with Gasteiger partial charge in [-0.3, -0.25) is 20.2 Å². The van der Waals surface area contributed by atoms with Crippen LogP contribution in [0.3, 0.4) is 0 Å². The molecule has 0 amide bonds. The molecule has 55 heavy (non-hydrogen) atoms. The van der Waals surface area contributed by atoms with Gasteiger partial charge >= 0.3 is 0 Å². The van der Waals surface area contributed by atoms with Crippen LogP contribution in [0.4, 0.5) is 11.4 Å². The van der Waals surface area contributed by atoms with E-state index in [0.29, 0.717) is 16.6 Å². The number of phenols is 1. The molecule has 276 valence electrons. The number of halogens is 1. The fourth-order valence-corrected chi connectivity index (χ4v) is 6.52. The van der Waals surface area contributed by atoms with Gasteiger partial charge in [0.15, 0.2) is 0 Å². The zero-order valence-electron chi connectivity index (χ0n) is 29.3. The Morgan fingerprint density at radius 1 is 0.545 bits per heavy atom. The minimum Gasteiger partial charge on any atom is -0.507 e. The Morgan fingerprint density at radius 3 is 1.44 bits per heavy atom. The molecule has 6 aromatic rings. The van der Waals surface area contributed by atoms with E-state index in [1.54, 1.807) is 36.4 Å². The number of alkyl halides is 1. The summed E-state index contributed by atoms with van der Waals surface area (Å²) in [5.74, 6) is 0.844. The smallest absolute Gasteiger partial charge is 0.270 e. The number of hydrogen-bond donors (Lipinski definition) is 3. The molecule has 0 atom stereocenters. The summed E-state index contributed by atoms with van der Waals surface area (Å²) in [6.07, 6.45) is 3.87. The number of hydrogen-bond acceptors (Lipinski definition) is 8. The van der Waals surface area contributed by atoms with Crippen LogP contribution >= 0.6 is 15.9 Å². The van der Waals surface area contributed by atoms with Gasteiger partial charge in [-0.2, -0.15) is 0 Å². The predicted octanol–water partition coefficient (Wildman–Crippen LogP) is 9.78. The molecule has 0 saturated heterocycles. The van der Waals surface area contributed by atoms with Gasteiger partial charge in [0.05, 0.1) is 23.1 Å². The summed E-state index contributed by atoms with van der Waals surface area (Å²) in [6, 6.07) is 40.4. The fraction of sp³-hybridized carbons (Fsp3) is 0.0909. The summed E-state index contributed by atoms with van der Waals surface area (Å²) in [5.41, 5.74) is 11.2. The lowest BCUT2D eigenvalue weighted by Gasteiger charge is -2.09. The molecule has 0 saturated carbocycles. The Hall–Kier alpha value is -6.40. The van der Waals surface area contributed by atoms with Gasteiger partial charge in [-0.15, -0.1) is 0 Å². The third-order valence-corrected chi connectivity index (χ3v) is 9.27. The monoisotopic (exact) mass is 798 g/mol. The van der Waals surface area contributed by atoms with E-state index in [-0.39, 0.29) is 46.8 Å². The van der Waals surface area contributed by atoms with E-state index >= 15 is 0 Å². The normalized spacial score (nSPS) is 13.0. The topological polar surface area (TPSA) is 156 Å². The van der Waals surface area contributed by atoms with E-state index in [0.717, 1.165) is 61.2 Å². The number of nitro benzene ring substituents is 2.